The minimum Gasteiger partial charge on any atom is -0.330 e. The van der Waals surface area contributed by atoms with Gasteiger partial charge in [0.25, 0.3) is 0 Å². The Morgan fingerprint density at radius 1 is 1.20 bits per heavy atom. The number of hydrogen-bond acceptors (Lipinski definition) is 1. The van der Waals surface area contributed by atoms with E-state index in [0.717, 1.165) is 23.9 Å². The van der Waals surface area contributed by atoms with Crippen LogP contribution in [-0.2, 0) is 6.42 Å². The van der Waals surface area contributed by atoms with Crippen molar-refractivity contribution in [2.75, 3.05) is 6.54 Å². The number of halogens is 2. The number of hydrogen-bond donors (Lipinski definition) is 1. The van der Waals surface area contributed by atoms with Crippen molar-refractivity contribution in [2.24, 2.45) is 23.5 Å². The lowest BCUT2D eigenvalue weighted by Gasteiger charge is -2.36. The van der Waals surface area contributed by atoms with Gasteiger partial charge in [-0.05, 0) is 61.3 Å². The molecule has 0 amide bonds. The van der Waals surface area contributed by atoms with E-state index in [1.54, 1.807) is 0 Å². The van der Waals surface area contributed by atoms with Crippen LogP contribution in [-0.4, -0.2) is 6.54 Å². The third kappa shape index (κ3) is 4.13. The third-order valence-electron chi connectivity index (χ3n) is 4.75. The minimum absolute atomic E-state index is 0.648. The maximum atomic E-state index is 6.32. The molecule has 0 heterocycles. The van der Waals surface area contributed by atoms with Crippen molar-refractivity contribution in [3.63, 3.8) is 0 Å². The Hall–Kier alpha value is -0.240. The molecule has 2 rings (SSSR count). The molecule has 0 saturated heterocycles. The van der Waals surface area contributed by atoms with Crippen molar-refractivity contribution >= 4 is 23.2 Å². The molecule has 20 heavy (non-hydrogen) atoms. The third-order valence-corrected chi connectivity index (χ3v) is 5.33. The van der Waals surface area contributed by atoms with Gasteiger partial charge in [-0.25, -0.2) is 0 Å². The van der Waals surface area contributed by atoms with E-state index in [4.69, 9.17) is 28.9 Å². The lowest BCUT2D eigenvalue weighted by molar-refractivity contribution is 0.176. The zero-order valence-electron chi connectivity index (χ0n) is 12.2. The molecule has 1 nitrogen and oxygen atoms in total. The summed E-state index contributed by atoms with van der Waals surface area (Å²) in [5, 5.41) is 1.51. The fourth-order valence-electron chi connectivity index (χ4n) is 3.62. The van der Waals surface area contributed by atoms with E-state index in [-0.39, 0.29) is 0 Å². The van der Waals surface area contributed by atoms with Crippen LogP contribution in [0.2, 0.25) is 10.0 Å². The van der Waals surface area contributed by atoms with Gasteiger partial charge < -0.3 is 5.73 Å². The average molecular weight is 314 g/mol. The molecule has 1 aromatic carbocycles. The lowest BCUT2D eigenvalue weighted by Crippen LogP contribution is -2.31. The largest absolute Gasteiger partial charge is 0.330 e. The zero-order valence-corrected chi connectivity index (χ0v) is 13.8. The molecule has 0 aromatic heterocycles. The molecule has 0 bridgehead atoms. The van der Waals surface area contributed by atoms with Gasteiger partial charge in [0.1, 0.15) is 0 Å². The smallest absolute Gasteiger partial charge is 0.0452 e. The molecular formula is C17H25Cl2N. The summed E-state index contributed by atoms with van der Waals surface area (Å²) in [6.07, 6.45) is 7.60. The van der Waals surface area contributed by atoms with Crippen LogP contribution in [0.4, 0.5) is 0 Å². The van der Waals surface area contributed by atoms with E-state index < -0.39 is 0 Å². The summed E-state index contributed by atoms with van der Waals surface area (Å²) in [6, 6.07) is 5.86. The van der Waals surface area contributed by atoms with Crippen molar-refractivity contribution in [1.29, 1.82) is 0 Å². The Kier molecular flexibility index (Phi) is 6.20. The zero-order chi connectivity index (χ0) is 14.5. The number of benzene rings is 1. The van der Waals surface area contributed by atoms with Gasteiger partial charge in [0.2, 0.25) is 0 Å². The molecule has 3 unspecified atom stereocenters. The van der Waals surface area contributed by atoms with Crippen LogP contribution in [0, 0.1) is 17.8 Å². The minimum atomic E-state index is 0.648. The van der Waals surface area contributed by atoms with Crippen LogP contribution in [0.1, 0.15) is 44.6 Å². The Morgan fingerprint density at radius 2 is 2.00 bits per heavy atom. The van der Waals surface area contributed by atoms with Gasteiger partial charge in [0.15, 0.2) is 0 Å². The van der Waals surface area contributed by atoms with E-state index in [1.807, 2.05) is 12.1 Å². The molecule has 0 spiro atoms. The lowest BCUT2D eigenvalue weighted by atomic mass is 9.70. The van der Waals surface area contributed by atoms with Crippen LogP contribution < -0.4 is 5.73 Å². The molecule has 3 atom stereocenters. The van der Waals surface area contributed by atoms with Crippen LogP contribution in [0.5, 0.6) is 0 Å². The highest BCUT2D eigenvalue weighted by Crippen LogP contribution is 2.38. The Morgan fingerprint density at radius 3 is 2.65 bits per heavy atom. The van der Waals surface area contributed by atoms with Crippen LogP contribution >= 0.6 is 23.2 Å². The predicted molar refractivity (Wildman–Crippen MR) is 88.4 cm³/mol. The van der Waals surface area contributed by atoms with E-state index in [1.165, 1.54) is 37.7 Å². The summed E-state index contributed by atoms with van der Waals surface area (Å²) < 4.78 is 0. The molecule has 1 aromatic rings. The summed E-state index contributed by atoms with van der Waals surface area (Å²) in [4.78, 5) is 0. The highest BCUT2D eigenvalue weighted by atomic mass is 35.5. The molecule has 112 valence electrons. The number of rotatable bonds is 5. The van der Waals surface area contributed by atoms with Crippen molar-refractivity contribution in [3.05, 3.63) is 33.8 Å². The van der Waals surface area contributed by atoms with Gasteiger partial charge >= 0.3 is 0 Å². The molecule has 1 fully saturated rings. The molecular weight excluding hydrogens is 289 g/mol. The second kappa shape index (κ2) is 7.68. The first-order valence-corrected chi connectivity index (χ1v) is 8.53. The molecule has 3 heteroatoms. The number of nitrogens with two attached hydrogens (primary N) is 1. The highest BCUT2D eigenvalue weighted by Gasteiger charge is 2.29. The first-order chi connectivity index (χ1) is 9.63. The van der Waals surface area contributed by atoms with Crippen LogP contribution in [0.15, 0.2) is 18.2 Å². The highest BCUT2D eigenvalue weighted by molar-refractivity contribution is 6.35. The molecule has 0 radical (unpaired) electrons. The Balaban J connectivity index is 2.07. The first kappa shape index (κ1) is 16.1. The SMILES string of the molecule is CCCC1CCC(CN)C(Cc2ccc(Cl)cc2Cl)C1. The van der Waals surface area contributed by atoms with E-state index in [0.29, 0.717) is 16.9 Å². The van der Waals surface area contributed by atoms with Gasteiger partial charge in [-0.3, -0.25) is 0 Å². The van der Waals surface area contributed by atoms with Gasteiger partial charge in [-0.1, -0.05) is 55.5 Å². The molecule has 2 N–H and O–H groups in total. The summed E-state index contributed by atoms with van der Waals surface area (Å²) in [7, 11) is 0. The van der Waals surface area contributed by atoms with E-state index >= 15 is 0 Å². The monoisotopic (exact) mass is 313 g/mol. The van der Waals surface area contributed by atoms with Gasteiger partial charge in [-0.2, -0.15) is 0 Å². The standard InChI is InChI=1S/C17H25Cl2N/c1-2-3-12-4-5-14(11-20)15(8-12)9-13-6-7-16(18)10-17(13)19/h6-7,10,12,14-15H,2-5,8-9,11,20H2,1H3. The van der Waals surface area contributed by atoms with Gasteiger partial charge in [0.05, 0.1) is 0 Å². The van der Waals surface area contributed by atoms with Crippen molar-refractivity contribution < 1.29 is 0 Å². The normalized spacial score (nSPS) is 26.7. The van der Waals surface area contributed by atoms with E-state index in [2.05, 4.69) is 13.0 Å². The molecule has 1 aliphatic carbocycles. The van der Waals surface area contributed by atoms with Crippen molar-refractivity contribution in [1.82, 2.24) is 0 Å². The first-order valence-electron chi connectivity index (χ1n) is 7.78. The molecule has 1 saturated carbocycles. The maximum Gasteiger partial charge on any atom is 0.0452 e. The van der Waals surface area contributed by atoms with Crippen LogP contribution in [0.25, 0.3) is 0 Å². The van der Waals surface area contributed by atoms with Gasteiger partial charge in [-0.15, -0.1) is 0 Å². The summed E-state index contributed by atoms with van der Waals surface area (Å²) in [5.74, 6) is 2.19. The Bertz CT molecular complexity index is 433. The van der Waals surface area contributed by atoms with Gasteiger partial charge in [0, 0.05) is 10.0 Å². The van der Waals surface area contributed by atoms with Crippen molar-refractivity contribution in [3.8, 4) is 0 Å². The summed E-state index contributed by atoms with van der Waals surface area (Å²) in [6.45, 7) is 3.08. The topological polar surface area (TPSA) is 26.0 Å². The maximum absolute atomic E-state index is 6.32. The second-order valence-electron chi connectivity index (χ2n) is 6.16. The fourth-order valence-corrected chi connectivity index (χ4v) is 4.11. The quantitative estimate of drug-likeness (QED) is 0.781. The molecule has 1 aliphatic rings. The summed E-state index contributed by atoms with van der Waals surface area (Å²) >= 11 is 12.3. The van der Waals surface area contributed by atoms with E-state index in [9.17, 15) is 0 Å². The predicted octanol–water partition coefficient (Wildman–Crippen LogP) is 5.33. The average Bonchev–Trinajstić information content (AvgIpc) is 2.43. The second-order valence-corrected chi connectivity index (χ2v) is 7.01. The van der Waals surface area contributed by atoms with Crippen molar-refractivity contribution in [2.45, 2.75) is 45.4 Å². The fraction of sp³-hybridized carbons (Fsp3) is 0.647. The van der Waals surface area contributed by atoms with Crippen LogP contribution in [0.3, 0.4) is 0 Å². The Labute approximate surface area is 132 Å². The molecule has 0 aliphatic heterocycles. The summed E-state index contributed by atoms with van der Waals surface area (Å²) in [5.41, 5.74) is 7.19.